The number of carboxylic acids is 1. The molecule has 0 atom stereocenters. The van der Waals surface area contributed by atoms with E-state index in [1.807, 2.05) is 32.1 Å². The second kappa shape index (κ2) is 3.25. The van der Waals surface area contributed by atoms with E-state index in [0.717, 1.165) is 11.0 Å². The molecule has 0 amide bonds. The van der Waals surface area contributed by atoms with E-state index in [1.54, 1.807) is 13.8 Å². The molecule has 0 bridgehead atoms. The number of hydrogen-bond donors (Lipinski definition) is 1. The Morgan fingerprint density at radius 2 is 1.77 bits per heavy atom. The Hall–Kier alpha value is -1.25. The van der Waals surface area contributed by atoms with Crippen molar-refractivity contribution < 1.29 is 9.90 Å². The molecule has 0 spiro atoms. The number of carboxylic acid groups (broad SMARTS) is 1. The molecule has 0 unspecified atom stereocenters. The van der Waals surface area contributed by atoms with Gasteiger partial charge in [0.05, 0.1) is 5.41 Å². The van der Waals surface area contributed by atoms with Crippen LogP contribution in [0.15, 0.2) is 24.3 Å². The van der Waals surface area contributed by atoms with Gasteiger partial charge in [0.1, 0.15) is 7.85 Å². The molecule has 0 fully saturated rings. The number of carbonyl (C=O) groups is 1. The van der Waals surface area contributed by atoms with Crippen LogP contribution in [0.4, 0.5) is 0 Å². The molecule has 2 nitrogen and oxygen atoms in total. The van der Waals surface area contributed by atoms with Gasteiger partial charge < -0.3 is 5.11 Å². The maximum atomic E-state index is 10.9. The van der Waals surface area contributed by atoms with Crippen LogP contribution in [0.1, 0.15) is 19.4 Å². The Kier molecular flexibility index (Phi) is 2.46. The van der Waals surface area contributed by atoms with Crippen molar-refractivity contribution in [2.24, 2.45) is 0 Å². The van der Waals surface area contributed by atoms with Gasteiger partial charge >= 0.3 is 5.97 Å². The van der Waals surface area contributed by atoms with Gasteiger partial charge in [-0.1, -0.05) is 29.7 Å². The van der Waals surface area contributed by atoms with Gasteiger partial charge in [-0.05, 0) is 19.4 Å². The average molecular weight is 176 g/mol. The molecule has 0 heterocycles. The van der Waals surface area contributed by atoms with Crippen molar-refractivity contribution >= 4 is 19.3 Å². The zero-order valence-electron chi connectivity index (χ0n) is 8.16. The van der Waals surface area contributed by atoms with Crippen LogP contribution >= 0.6 is 0 Å². The summed E-state index contributed by atoms with van der Waals surface area (Å²) >= 11 is 0. The lowest BCUT2D eigenvalue weighted by Crippen LogP contribution is -2.28. The lowest BCUT2D eigenvalue weighted by molar-refractivity contribution is -0.142. The van der Waals surface area contributed by atoms with Gasteiger partial charge in [0, 0.05) is 0 Å². The summed E-state index contributed by atoms with van der Waals surface area (Å²) in [6.45, 7) is 3.42. The fraction of sp³-hybridized carbons (Fsp3) is 0.300. The van der Waals surface area contributed by atoms with Gasteiger partial charge in [-0.15, -0.1) is 0 Å². The number of hydrogen-bond acceptors (Lipinski definition) is 1. The van der Waals surface area contributed by atoms with Crippen LogP contribution in [-0.2, 0) is 10.2 Å². The topological polar surface area (TPSA) is 37.3 Å². The predicted octanol–water partition coefficient (Wildman–Crippen LogP) is 0.307. The highest BCUT2D eigenvalue weighted by atomic mass is 16.4. The highest BCUT2D eigenvalue weighted by Crippen LogP contribution is 2.22. The standard InChI is InChI=1S/C10H13BO2/c1-10(2,9(12)13)7-3-5-8(11)6-4-7/h3-6H,11H2,1-2H3,(H,12,13). The quantitative estimate of drug-likeness (QED) is 0.658. The summed E-state index contributed by atoms with van der Waals surface area (Å²) in [5.74, 6) is -0.795. The zero-order chi connectivity index (χ0) is 10.1. The summed E-state index contributed by atoms with van der Waals surface area (Å²) in [4.78, 5) is 10.9. The summed E-state index contributed by atoms with van der Waals surface area (Å²) in [5.41, 5.74) is 1.18. The van der Waals surface area contributed by atoms with Crippen LogP contribution in [0.2, 0.25) is 0 Å². The molecule has 1 N–H and O–H groups in total. The van der Waals surface area contributed by atoms with Gasteiger partial charge in [0.25, 0.3) is 0 Å². The van der Waals surface area contributed by atoms with Crippen molar-refractivity contribution in [3.63, 3.8) is 0 Å². The fourth-order valence-electron chi connectivity index (χ4n) is 1.09. The lowest BCUT2D eigenvalue weighted by atomic mass is 9.83. The Bertz CT molecular complexity index is 314. The first-order chi connectivity index (χ1) is 5.94. The molecule has 68 valence electrons. The van der Waals surface area contributed by atoms with E-state index in [4.69, 9.17) is 5.11 Å². The Morgan fingerprint density at radius 1 is 1.31 bits per heavy atom. The molecule has 0 aliphatic carbocycles. The summed E-state index contributed by atoms with van der Waals surface area (Å²) in [6, 6.07) is 7.59. The van der Waals surface area contributed by atoms with E-state index in [2.05, 4.69) is 0 Å². The Morgan fingerprint density at radius 3 is 2.15 bits per heavy atom. The van der Waals surface area contributed by atoms with E-state index in [-0.39, 0.29) is 0 Å². The molecule has 0 aliphatic heterocycles. The smallest absolute Gasteiger partial charge is 0.313 e. The highest BCUT2D eigenvalue weighted by molar-refractivity contribution is 6.32. The first kappa shape index (κ1) is 9.84. The normalized spacial score (nSPS) is 11.2. The van der Waals surface area contributed by atoms with Crippen LogP contribution in [0, 0.1) is 0 Å². The average Bonchev–Trinajstić information content (AvgIpc) is 2.04. The van der Waals surface area contributed by atoms with E-state index < -0.39 is 11.4 Å². The van der Waals surface area contributed by atoms with Gasteiger partial charge in [-0.3, -0.25) is 4.79 Å². The van der Waals surface area contributed by atoms with Crippen molar-refractivity contribution in [2.75, 3.05) is 0 Å². The molecule has 1 rings (SSSR count). The van der Waals surface area contributed by atoms with Crippen LogP contribution in [0.5, 0.6) is 0 Å². The van der Waals surface area contributed by atoms with Crippen molar-refractivity contribution in [3.05, 3.63) is 29.8 Å². The maximum absolute atomic E-state index is 10.9. The Balaban J connectivity index is 3.08. The van der Waals surface area contributed by atoms with E-state index in [1.165, 1.54) is 0 Å². The minimum Gasteiger partial charge on any atom is -0.481 e. The molecule has 1 aromatic rings. The van der Waals surface area contributed by atoms with E-state index in [9.17, 15) is 4.79 Å². The molecular weight excluding hydrogens is 163 g/mol. The lowest BCUT2D eigenvalue weighted by Gasteiger charge is -2.19. The van der Waals surface area contributed by atoms with E-state index >= 15 is 0 Å². The first-order valence-electron chi connectivity index (χ1n) is 4.25. The second-order valence-electron chi connectivity index (χ2n) is 3.80. The van der Waals surface area contributed by atoms with Crippen molar-refractivity contribution in [1.29, 1.82) is 0 Å². The van der Waals surface area contributed by atoms with Gasteiger partial charge in [-0.2, -0.15) is 0 Å². The molecule has 13 heavy (non-hydrogen) atoms. The van der Waals surface area contributed by atoms with E-state index in [0.29, 0.717) is 0 Å². The number of benzene rings is 1. The zero-order valence-corrected chi connectivity index (χ0v) is 8.16. The minimum absolute atomic E-state index is 0.795. The molecule has 3 heteroatoms. The second-order valence-corrected chi connectivity index (χ2v) is 3.80. The third kappa shape index (κ3) is 1.91. The molecular formula is C10H13BO2. The first-order valence-corrected chi connectivity index (χ1v) is 4.25. The monoisotopic (exact) mass is 176 g/mol. The predicted molar refractivity (Wildman–Crippen MR) is 55.3 cm³/mol. The number of rotatable bonds is 2. The molecule has 0 radical (unpaired) electrons. The Labute approximate surface area is 79.0 Å². The molecule has 0 aromatic heterocycles. The van der Waals surface area contributed by atoms with Crippen LogP contribution in [0.3, 0.4) is 0 Å². The van der Waals surface area contributed by atoms with Crippen LogP contribution in [0.25, 0.3) is 0 Å². The van der Waals surface area contributed by atoms with Crippen molar-refractivity contribution in [3.8, 4) is 0 Å². The SMILES string of the molecule is Bc1ccc(C(C)(C)C(=O)O)cc1. The van der Waals surface area contributed by atoms with Crippen LogP contribution < -0.4 is 5.46 Å². The van der Waals surface area contributed by atoms with Crippen molar-refractivity contribution in [1.82, 2.24) is 0 Å². The fourth-order valence-corrected chi connectivity index (χ4v) is 1.09. The third-order valence-corrected chi connectivity index (χ3v) is 2.31. The summed E-state index contributed by atoms with van der Waals surface area (Å²) in [6.07, 6.45) is 0. The van der Waals surface area contributed by atoms with Crippen LogP contribution in [-0.4, -0.2) is 18.9 Å². The van der Waals surface area contributed by atoms with Gasteiger partial charge in [0.2, 0.25) is 0 Å². The number of aliphatic carboxylic acids is 1. The van der Waals surface area contributed by atoms with Crippen molar-refractivity contribution in [2.45, 2.75) is 19.3 Å². The summed E-state index contributed by atoms with van der Waals surface area (Å²) < 4.78 is 0. The molecule has 1 aromatic carbocycles. The van der Waals surface area contributed by atoms with Gasteiger partial charge in [0.15, 0.2) is 0 Å². The molecule has 0 saturated carbocycles. The molecule has 0 saturated heterocycles. The summed E-state index contributed by atoms with van der Waals surface area (Å²) in [7, 11) is 1.98. The summed E-state index contributed by atoms with van der Waals surface area (Å²) in [5, 5.41) is 8.96. The highest BCUT2D eigenvalue weighted by Gasteiger charge is 2.28. The maximum Gasteiger partial charge on any atom is 0.313 e. The minimum atomic E-state index is -0.798. The third-order valence-electron chi connectivity index (χ3n) is 2.31. The molecule has 0 aliphatic rings. The largest absolute Gasteiger partial charge is 0.481 e. The van der Waals surface area contributed by atoms with Gasteiger partial charge in [-0.25, -0.2) is 0 Å².